The Morgan fingerprint density at radius 1 is 1.33 bits per heavy atom. The summed E-state index contributed by atoms with van der Waals surface area (Å²) in [4.78, 5) is 4.00. The van der Waals surface area contributed by atoms with Crippen LogP contribution in [0.3, 0.4) is 0 Å². The molecule has 0 aliphatic carbocycles. The van der Waals surface area contributed by atoms with Crippen LogP contribution >= 0.6 is 0 Å². The van der Waals surface area contributed by atoms with E-state index in [1.807, 2.05) is 0 Å². The van der Waals surface area contributed by atoms with Gasteiger partial charge < -0.3 is 10.3 Å². The molecule has 0 unspecified atom stereocenters. The first-order chi connectivity index (χ1) is 5.77. The summed E-state index contributed by atoms with van der Waals surface area (Å²) in [5.41, 5.74) is 0.773. The third-order valence-corrected chi connectivity index (χ3v) is 1.49. The Kier molecular flexibility index (Phi) is 1.30. The molecule has 1 aromatic carbocycles. The third kappa shape index (κ3) is 0.914. The van der Waals surface area contributed by atoms with Crippen LogP contribution in [0.15, 0.2) is 24.3 Å². The van der Waals surface area contributed by atoms with Gasteiger partial charge >= 0.3 is 6.01 Å². The Morgan fingerprint density at radius 2 is 2.08 bits per heavy atom. The van der Waals surface area contributed by atoms with Crippen molar-refractivity contribution >= 4 is 11.0 Å². The number of para-hydroxylation sites is 2. The average Bonchev–Trinajstić information content (AvgIpc) is 2.04. The number of aromatic nitrogens is 3. The summed E-state index contributed by atoms with van der Waals surface area (Å²) in [6.07, 6.45) is 0. The second-order valence-electron chi connectivity index (χ2n) is 2.27. The van der Waals surface area contributed by atoms with Crippen LogP contribution in [0.5, 0.6) is 6.01 Å². The van der Waals surface area contributed by atoms with Gasteiger partial charge in [-0.05, 0) is 10.9 Å². The van der Waals surface area contributed by atoms with Gasteiger partial charge in [0.15, 0.2) is 0 Å². The zero-order valence-corrected chi connectivity index (χ0v) is 6.01. The summed E-state index contributed by atoms with van der Waals surface area (Å²) in [6, 6.07) is 6.14. The van der Waals surface area contributed by atoms with Crippen LogP contribution in [0.1, 0.15) is 0 Å². The van der Waals surface area contributed by atoms with Crippen molar-refractivity contribution < 1.29 is 9.95 Å². The molecule has 12 heavy (non-hydrogen) atoms. The fourth-order valence-corrected chi connectivity index (χ4v) is 0.986. The standard InChI is InChI=1S/C7H5N3O2/c11-7-8-5-3-1-2-4-6(5)10(12)9-7/h1-4H,(H,8,9,11). The molecule has 2 rings (SSSR count). The normalized spacial score (nSPS) is 10.3. The van der Waals surface area contributed by atoms with Gasteiger partial charge in [-0.2, -0.15) is 4.98 Å². The van der Waals surface area contributed by atoms with Crippen molar-refractivity contribution in [3.63, 3.8) is 0 Å². The highest BCUT2D eigenvalue weighted by Gasteiger charge is 2.07. The quantitative estimate of drug-likeness (QED) is 0.437. The molecule has 0 fully saturated rings. The fourth-order valence-electron chi connectivity index (χ4n) is 0.986. The molecule has 0 aliphatic heterocycles. The molecule has 0 aliphatic rings. The highest BCUT2D eigenvalue weighted by Crippen LogP contribution is 2.06. The summed E-state index contributed by atoms with van der Waals surface area (Å²) < 4.78 is 0. The zero-order valence-electron chi connectivity index (χ0n) is 6.01. The van der Waals surface area contributed by atoms with Gasteiger partial charge in [-0.1, -0.05) is 12.1 Å². The van der Waals surface area contributed by atoms with Gasteiger partial charge in [0.1, 0.15) is 5.52 Å². The Hall–Kier alpha value is -1.91. The molecule has 1 N–H and O–H groups in total. The molecule has 1 heterocycles. The first-order valence-electron chi connectivity index (χ1n) is 3.33. The first kappa shape index (κ1) is 6.78. The van der Waals surface area contributed by atoms with Crippen LogP contribution < -0.4 is 4.85 Å². The fraction of sp³-hybridized carbons (Fsp3) is 0. The van der Waals surface area contributed by atoms with Crippen LogP contribution in [-0.2, 0) is 0 Å². The lowest BCUT2D eigenvalue weighted by atomic mass is 10.3. The predicted molar refractivity (Wildman–Crippen MR) is 40.2 cm³/mol. The number of fused-ring (bicyclic) bond motifs is 1. The monoisotopic (exact) mass is 163 g/mol. The summed E-state index contributed by atoms with van der Waals surface area (Å²) in [7, 11) is 0. The minimum absolute atomic E-state index is 0.343. The van der Waals surface area contributed by atoms with E-state index in [2.05, 4.69) is 10.1 Å². The van der Waals surface area contributed by atoms with E-state index in [9.17, 15) is 5.21 Å². The van der Waals surface area contributed by atoms with Crippen molar-refractivity contribution in [1.29, 1.82) is 0 Å². The minimum atomic E-state index is -0.510. The molecule has 0 saturated carbocycles. The average molecular weight is 163 g/mol. The van der Waals surface area contributed by atoms with Crippen LogP contribution in [0.25, 0.3) is 11.0 Å². The maximum Gasteiger partial charge on any atom is 0.378 e. The lowest BCUT2D eigenvalue weighted by Crippen LogP contribution is -2.31. The van der Waals surface area contributed by atoms with Crippen molar-refractivity contribution in [2.24, 2.45) is 0 Å². The van der Waals surface area contributed by atoms with Gasteiger partial charge in [0.25, 0.3) is 5.52 Å². The van der Waals surface area contributed by atoms with Crippen LogP contribution in [0.4, 0.5) is 0 Å². The number of rotatable bonds is 0. The second kappa shape index (κ2) is 2.30. The minimum Gasteiger partial charge on any atom is -0.594 e. The van der Waals surface area contributed by atoms with E-state index in [-0.39, 0.29) is 0 Å². The van der Waals surface area contributed by atoms with Crippen molar-refractivity contribution in [3.8, 4) is 6.01 Å². The van der Waals surface area contributed by atoms with Gasteiger partial charge in [0.05, 0.1) is 5.10 Å². The smallest absolute Gasteiger partial charge is 0.378 e. The number of nitrogens with zero attached hydrogens (tertiary/aromatic N) is 3. The SMILES string of the molecule is [O-][n+]1nc(O)nc2ccccc21. The molecular formula is C7H5N3O2. The van der Waals surface area contributed by atoms with Gasteiger partial charge in [-0.15, -0.1) is 0 Å². The Bertz CT molecular complexity index is 430. The Labute approximate surface area is 67.5 Å². The van der Waals surface area contributed by atoms with Gasteiger partial charge in [-0.25, -0.2) is 0 Å². The van der Waals surface area contributed by atoms with Crippen molar-refractivity contribution in [3.05, 3.63) is 29.5 Å². The number of aromatic hydroxyl groups is 1. The van der Waals surface area contributed by atoms with Crippen molar-refractivity contribution in [2.45, 2.75) is 0 Å². The van der Waals surface area contributed by atoms with Crippen LogP contribution in [0.2, 0.25) is 0 Å². The summed E-state index contributed by atoms with van der Waals surface area (Å²) >= 11 is 0. The molecule has 0 spiro atoms. The molecule has 60 valence electrons. The van der Waals surface area contributed by atoms with Crippen molar-refractivity contribution in [1.82, 2.24) is 10.1 Å². The Morgan fingerprint density at radius 3 is 2.92 bits per heavy atom. The molecular weight excluding hydrogens is 158 g/mol. The van der Waals surface area contributed by atoms with E-state index in [1.54, 1.807) is 24.3 Å². The van der Waals surface area contributed by atoms with Gasteiger partial charge in [-0.3, -0.25) is 0 Å². The maximum atomic E-state index is 11.0. The molecule has 0 amide bonds. The molecule has 2 aromatic rings. The number of hydrogen-bond acceptors (Lipinski definition) is 4. The van der Waals surface area contributed by atoms with Crippen LogP contribution in [0, 0.1) is 5.21 Å². The van der Waals surface area contributed by atoms with E-state index < -0.39 is 6.01 Å². The Balaban J connectivity index is 2.89. The van der Waals surface area contributed by atoms with E-state index in [0.29, 0.717) is 15.9 Å². The lowest BCUT2D eigenvalue weighted by Gasteiger charge is -1.96. The van der Waals surface area contributed by atoms with E-state index >= 15 is 0 Å². The van der Waals surface area contributed by atoms with E-state index in [1.165, 1.54) is 0 Å². The lowest BCUT2D eigenvalue weighted by molar-refractivity contribution is -0.643. The molecule has 5 nitrogen and oxygen atoms in total. The predicted octanol–water partition coefficient (Wildman–Crippen LogP) is -0.0312. The number of benzene rings is 1. The third-order valence-electron chi connectivity index (χ3n) is 1.49. The van der Waals surface area contributed by atoms with Gasteiger partial charge in [0.2, 0.25) is 0 Å². The summed E-state index contributed by atoms with van der Waals surface area (Å²) in [6.45, 7) is 0. The maximum absolute atomic E-state index is 11.0. The number of hydrogen-bond donors (Lipinski definition) is 1. The van der Waals surface area contributed by atoms with Gasteiger partial charge in [0, 0.05) is 6.07 Å². The highest BCUT2D eigenvalue weighted by atomic mass is 16.5. The topological polar surface area (TPSA) is 73.0 Å². The molecule has 0 bridgehead atoms. The zero-order chi connectivity index (χ0) is 8.55. The van der Waals surface area contributed by atoms with E-state index in [0.717, 1.165) is 0 Å². The van der Waals surface area contributed by atoms with Crippen molar-refractivity contribution in [2.75, 3.05) is 0 Å². The first-order valence-corrected chi connectivity index (χ1v) is 3.33. The van der Waals surface area contributed by atoms with Crippen LogP contribution in [-0.4, -0.2) is 15.2 Å². The molecule has 0 atom stereocenters. The molecule has 1 aromatic heterocycles. The van der Waals surface area contributed by atoms with E-state index in [4.69, 9.17) is 5.11 Å². The second-order valence-corrected chi connectivity index (χ2v) is 2.27. The summed E-state index contributed by atoms with van der Waals surface area (Å²) in [5, 5.41) is 23.1. The highest BCUT2D eigenvalue weighted by molar-refractivity contribution is 5.70. The molecule has 5 heteroatoms. The summed E-state index contributed by atoms with van der Waals surface area (Å²) in [5.74, 6) is 0. The largest absolute Gasteiger partial charge is 0.594 e. The molecule has 0 saturated heterocycles. The molecule has 0 radical (unpaired) electrons.